The van der Waals surface area contributed by atoms with Gasteiger partial charge in [0.15, 0.2) is 6.16 Å². The normalized spacial score (nSPS) is 25.0. The maximum Gasteiger partial charge on any atom is 0.339 e. The second kappa shape index (κ2) is 3.59. The van der Waals surface area contributed by atoms with Crippen molar-refractivity contribution in [3.8, 4) is 0 Å². The summed E-state index contributed by atoms with van der Waals surface area (Å²) >= 11 is 0. The Kier molecular flexibility index (Phi) is 2.46. The minimum Gasteiger partial charge on any atom is -0.0748 e. The molecule has 2 unspecified atom stereocenters. The highest BCUT2D eigenvalue weighted by molar-refractivity contribution is 7.45. The van der Waals surface area contributed by atoms with Crippen LogP contribution >= 0.6 is 7.80 Å². The van der Waals surface area contributed by atoms with Gasteiger partial charge in [-0.2, -0.15) is 0 Å². The van der Waals surface area contributed by atoms with Gasteiger partial charge in [-0.1, -0.05) is 28.8 Å². The van der Waals surface area contributed by atoms with Crippen molar-refractivity contribution < 1.29 is 4.57 Å². The van der Waals surface area contributed by atoms with Crippen molar-refractivity contribution >= 4 is 7.80 Å². The molecule has 1 aliphatic heterocycles. The molecule has 68 valence electrons. The second-order valence-electron chi connectivity index (χ2n) is 3.73. The van der Waals surface area contributed by atoms with E-state index in [4.69, 9.17) is 0 Å². The van der Waals surface area contributed by atoms with Crippen LogP contribution < -0.4 is 0 Å². The third-order valence-electron chi connectivity index (χ3n) is 2.78. The Morgan fingerprint density at radius 2 is 2.15 bits per heavy atom. The lowest BCUT2D eigenvalue weighted by molar-refractivity contribution is 0.591. The van der Waals surface area contributed by atoms with Crippen LogP contribution in [0.3, 0.4) is 0 Å². The summed E-state index contributed by atoms with van der Waals surface area (Å²) in [5.41, 5.74) is 2.75. The van der Waals surface area contributed by atoms with Crippen molar-refractivity contribution in [3.63, 3.8) is 0 Å². The SMILES string of the molecule is Cc1ccccc1C1CC[P+](=O)C1. The molecule has 0 aliphatic carbocycles. The number of hydrogen-bond acceptors (Lipinski definition) is 1. The molecular formula is C11H14OP+. The molecule has 2 atom stereocenters. The molecule has 1 aromatic carbocycles. The van der Waals surface area contributed by atoms with Crippen LogP contribution in [0.25, 0.3) is 0 Å². The standard InChI is InChI=1S/C11H14OP/c1-9-4-2-3-5-11(9)10-6-7-13(12)8-10/h2-5,10H,6-8H2,1H3/q+1. The van der Waals surface area contributed by atoms with Crippen LogP contribution in [0.5, 0.6) is 0 Å². The highest BCUT2D eigenvalue weighted by Gasteiger charge is 2.33. The molecule has 0 amide bonds. The number of aryl methyl sites for hydroxylation is 1. The zero-order valence-corrected chi connectivity index (χ0v) is 8.76. The van der Waals surface area contributed by atoms with Gasteiger partial charge in [0, 0.05) is 12.3 Å². The van der Waals surface area contributed by atoms with E-state index in [2.05, 4.69) is 31.2 Å². The molecule has 1 fully saturated rings. The molecule has 0 radical (unpaired) electrons. The van der Waals surface area contributed by atoms with Gasteiger partial charge in [-0.3, -0.25) is 0 Å². The summed E-state index contributed by atoms with van der Waals surface area (Å²) in [6.07, 6.45) is 2.94. The molecule has 1 nitrogen and oxygen atoms in total. The van der Waals surface area contributed by atoms with Gasteiger partial charge in [0.25, 0.3) is 0 Å². The number of benzene rings is 1. The lowest BCUT2D eigenvalue weighted by Gasteiger charge is -2.08. The third-order valence-corrected chi connectivity index (χ3v) is 4.38. The smallest absolute Gasteiger partial charge is 0.0748 e. The van der Waals surface area contributed by atoms with Crippen molar-refractivity contribution in [1.82, 2.24) is 0 Å². The lowest BCUT2D eigenvalue weighted by atomic mass is 9.95. The summed E-state index contributed by atoms with van der Waals surface area (Å²) in [6.45, 7) is 2.14. The summed E-state index contributed by atoms with van der Waals surface area (Å²) in [4.78, 5) is 0. The minimum absolute atomic E-state index is 0.560. The van der Waals surface area contributed by atoms with Gasteiger partial charge >= 0.3 is 7.80 Å². The van der Waals surface area contributed by atoms with Crippen LogP contribution in [-0.2, 0) is 4.57 Å². The molecule has 2 rings (SSSR count). The minimum atomic E-state index is -0.890. The molecule has 0 N–H and O–H groups in total. The topological polar surface area (TPSA) is 17.1 Å². The Bertz CT molecular complexity index is 333. The van der Waals surface area contributed by atoms with Crippen molar-refractivity contribution in [2.45, 2.75) is 19.3 Å². The van der Waals surface area contributed by atoms with Crippen molar-refractivity contribution in [1.29, 1.82) is 0 Å². The van der Waals surface area contributed by atoms with E-state index in [9.17, 15) is 4.57 Å². The summed E-state index contributed by atoms with van der Waals surface area (Å²) in [5.74, 6) is 0.560. The highest BCUT2D eigenvalue weighted by Crippen LogP contribution is 2.41. The molecule has 0 saturated carbocycles. The van der Waals surface area contributed by atoms with Gasteiger partial charge in [-0.15, -0.1) is 0 Å². The third kappa shape index (κ3) is 1.81. The van der Waals surface area contributed by atoms with Crippen LogP contribution in [0.15, 0.2) is 24.3 Å². The average molecular weight is 193 g/mol. The Morgan fingerprint density at radius 1 is 1.38 bits per heavy atom. The molecule has 1 aromatic rings. The summed E-state index contributed by atoms with van der Waals surface area (Å²) in [7, 11) is -0.890. The van der Waals surface area contributed by atoms with E-state index in [1.807, 2.05) is 0 Å². The fourth-order valence-corrected chi connectivity index (χ4v) is 3.68. The predicted octanol–water partition coefficient (Wildman–Crippen LogP) is 3.31. The van der Waals surface area contributed by atoms with E-state index in [0.717, 1.165) is 18.7 Å². The molecule has 1 aliphatic rings. The monoisotopic (exact) mass is 193 g/mol. The molecule has 0 aromatic heterocycles. The van der Waals surface area contributed by atoms with Crippen molar-refractivity contribution in [3.05, 3.63) is 35.4 Å². The van der Waals surface area contributed by atoms with Gasteiger partial charge in [-0.25, -0.2) is 0 Å². The first-order chi connectivity index (χ1) is 6.27. The molecule has 2 heteroatoms. The van der Waals surface area contributed by atoms with Crippen LogP contribution in [0.4, 0.5) is 0 Å². The van der Waals surface area contributed by atoms with Crippen molar-refractivity contribution in [2.75, 3.05) is 12.3 Å². The Labute approximate surface area is 80.0 Å². The number of rotatable bonds is 1. The first-order valence-corrected chi connectivity index (χ1v) is 6.38. The molecular weight excluding hydrogens is 179 g/mol. The average Bonchev–Trinajstić information content (AvgIpc) is 2.53. The van der Waals surface area contributed by atoms with Gasteiger partial charge in [0.1, 0.15) is 6.16 Å². The maximum absolute atomic E-state index is 11.3. The van der Waals surface area contributed by atoms with Crippen LogP contribution in [0.1, 0.15) is 23.5 Å². The molecule has 1 saturated heterocycles. The zero-order valence-electron chi connectivity index (χ0n) is 7.86. The van der Waals surface area contributed by atoms with E-state index in [-0.39, 0.29) is 0 Å². The first-order valence-electron chi connectivity index (χ1n) is 4.75. The Hall–Kier alpha value is -0.680. The van der Waals surface area contributed by atoms with Gasteiger partial charge in [0.2, 0.25) is 0 Å². The van der Waals surface area contributed by atoms with E-state index in [1.165, 1.54) is 11.1 Å². The van der Waals surface area contributed by atoms with Crippen LogP contribution in [0, 0.1) is 6.92 Å². The second-order valence-corrected chi connectivity index (χ2v) is 5.51. The summed E-state index contributed by atoms with van der Waals surface area (Å²) < 4.78 is 11.3. The van der Waals surface area contributed by atoms with Gasteiger partial charge in [0.05, 0.1) is 0 Å². The van der Waals surface area contributed by atoms with Gasteiger partial charge in [-0.05, 0) is 18.1 Å². The Morgan fingerprint density at radius 3 is 2.77 bits per heavy atom. The zero-order chi connectivity index (χ0) is 9.26. The summed E-state index contributed by atoms with van der Waals surface area (Å²) in [5, 5.41) is 0. The molecule has 0 spiro atoms. The van der Waals surface area contributed by atoms with E-state index in [1.54, 1.807) is 0 Å². The van der Waals surface area contributed by atoms with Crippen LogP contribution in [0.2, 0.25) is 0 Å². The molecule has 0 bridgehead atoms. The number of hydrogen-bond donors (Lipinski definition) is 0. The fourth-order valence-electron chi connectivity index (χ4n) is 2.03. The van der Waals surface area contributed by atoms with Gasteiger partial charge < -0.3 is 0 Å². The van der Waals surface area contributed by atoms with Crippen LogP contribution in [-0.4, -0.2) is 12.3 Å². The van der Waals surface area contributed by atoms with E-state index >= 15 is 0 Å². The lowest BCUT2D eigenvalue weighted by Crippen LogP contribution is -1.98. The van der Waals surface area contributed by atoms with Crippen molar-refractivity contribution in [2.24, 2.45) is 0 Å². The maximum atomic E-state index is 11.3. The Balaban J connectivity index is 2.26. The van der Waals surface area contributed by atoms with E-state index < -0.39 is 7.80 Å². The van der Waals surface area contributed by atoms with E-state index in [0.29, 0.717) is 5.92 Å². The highest BCUT2D eigenvalue weighted by atomic mass is 31.1. The quantitative estimate of drug-likeness (QED) is 0.625. The summed E-state index contributed by atoms with van der Waals surface area (Å²) in [6, 6.07) is 8.46. The largest absolute Gasteiger partial charge is 0.339 e. The fraction of sp³-hybridized carbons (Fsp3) is 0.455. The molecule has 1 heterocycles. The predicted molar refractivity (Wildman–Crippen MR) is 55.9 cm³/mol. The molecule has 13 heavy (non-hydrogen) atoms. The first kappa shape index (κ1) is 8.90.